The molecule has 3 aromatic rings. The number of benzene rings is 2. The molecule has 0 N–H and O–H groups in total. The maximum atomic E-state index is 13.4. The molecule has 0 aliphatic heterocycles. The number of carbonyl (C=O) groups excluding carboxylic acids is 1. The number of amides is 1. The first-order valence-corrected chi connectivity index (χ1v) is 10.7. The van der Waals surface area contributed by atoms with Gasteiger partial charge in [-0.25, -0.2) is 9.37 Å². The zero-order valence-corrected chi connectivity index (χ0v) is 17.9. The standard InChI is InChI=1S/C23H26FN3OS/c1-4-26(5-2)14-18-6-8-19(9-7-18)23(28)27(15-21-16-29-17(3)25-21)22-12-10-20(24)11-13-22/h6-13,16H,4-5,14-15H2,1-3H3. The number of aromatic nitrogens is 1. The summed E-state index contributed by atoms with van der Waals surface area (Å²) < 4.78 is 13.4. The topological polar surface area (TPSA) is 36.4 Å². The smallest absolute Gasteiger partial charge is 0.258 e. The third-order valence-corrected chi connectivity index (χ3v) is 5.69. The summed E-state index contributed by atoms with van der Waals surface area (Å²) in [5.74, 6) is -0.456. The van der Waals surface area contributed by atoms with Gasteiger partial charge in [0.05, 0.1) is 17.2 Å². The third kappa shape index (κ3) is 5.49. The van der Waals surface area contributed by atoms with Crippen LogP contribution in [0.4, 0.5) is 10.1 Å². The van der Waals surface area contributed by atoms with E-state index in [1.54, 1.807) is 28.4 Å². The van der Waals surface area contributed by atoms with E-state index in [0.29, 0.717) is 17.8 Å². The number of anilines is 1. The van der Waals surface area contributed by atoms with Crippen LogP contribution in [0.3, 0.4) is 0 Å². The van der Waals surface area contributed by atoms with E-state index in [9.17, 15) is 9.18 Å². The van der Waals surface area contributed by atoms with Crippen LogP contribution >= 0.6 is 11.3 Å². The SMILES string of the molecule is CCN(CC)Cc1ccc(C(=O)N(Cc2csc(C)n2)c2ccc(F)cc2)cc1. The van der Waals surface area contributed by atoms with Gasteiger partial charge in [0.15, 0.2) is 0 Å². The minimum atomic E-state index is -0.327. The Morgan fingerprint density at radius 1 is 1.00 bits per heavy atom. The molecule has 152 valence electrons. The Morgan fingerprint density at radius 3 is 2.21 bits per heavy atom. The van der Waals surface area contributed by atoms with Crippen LogP contribution in [0.1, 0.15) is 40.5 Å². The van der Waals surface area contributed by atoms with Crippen LogP contribution in [-0.4, -0.2) is 28.9 Å². The molecule has 0 unspecified atom stereocenters. The number of aryl methyl sites for hydroxylation is 1. The van der Waals surface area contributed by atoms with Gasteiger partial charge in [-0.15, -0.1) is 11.3 Å². The highest BCUT2D eigenvalue weighted by atomic mass is 32.1. The molecule has 6 heteroatoms. The summed E-state index contributed by atoms with van der Waals surface area (Å²) in [5, 5.41) is 2.90. The quantitative estimate of drug-likeness (QED) is 0.506. The lowest BCUT2D eigenvalue weighted by Crippen LogP contribution is -2.30. The van der Waals surface area contributed by atoms with Crippen LogP contribution < -0.4 is 4.90 Å². The molecule has 0 aliphatic carbocycles. The molecule has 0 fully saturated rings. The van der Waals surface area contributed by atoms with E-state index in [1.165, 1.54) is 17.7 Å². The van der Waals surface area contributed by atoms with E-state index >= 15 is 0 Å². The molecular weight excluding hydrogens is 385 g/mol. The van der Waals surface area contributed by atoms with Crippen LogP contribution in [0.25, 0.3) is 0 Å². The van der Waals surface area contributed by atoms with Crippen molar-refractivity contribution < 1.29 is 9.18 Å². The van der Waals surface area contributed by atoms with E-state index in [1.807, 2.05) is 36.6 Å². The van der Waals surface area contributed by atoms with Crippen LogP contribution in [0.15, 0.2) is 53.9 Å². The number of halogens is 1. The molecule has 0 saturated heterocycles. The minimum Gasteiger partial charge on any atom is -0.302 e. The lowest BCUT2D eigenvalue weighted by Gasteiger charge is -2.23. The van der Waals surface area contributed by atoms with E-state index in [4.69, 9.17) is 0 Å². The minimum absolute atomic E-state index is 0.128. The number of nitrogens with zero attached hydrogens (tertiary/aromatic N) is 3. The summed E-state index contributed by atoms with van der Waals surface area (Å²) in [6, 6.07) is 13.7. The van der Waals surface area contributed by atoms with Crippen LogP contribution in [0, 0.1) is 12.7 Å². The molecule has 2 aromatic carbocycles. The number of hydrogen-bond donors (Lipinski definition) is 0. The van der Waals surface area contributed by atoms with Gasteiger partial charge in [0.1, 0.15) is 5.82 Å². The number of rotatable bonds is 8. The predicted octanol–water partition coefficient (Wildman–Crippen LogP) is 5.28. The molecule has 0 radical (unpaired) electrons. The first-order chi connectivity index (χ1) is 14.0. The van der Waals surface area contributed by atoms with Gasteiger partial charge in [0.25, 0.3) is 5.91 Å². The fraction of sp³-hybridized carbons (Fsp3) is 0.304. The predicted molar refractivity (Wildman–Crippen MR) is 117 cm³/mol. The summed E-state index contributed by atoms with van der Waals surface area (Å²) >= 11 is 1.55. The van der Waals surface area contributed by atoms with Gasteiger partial charge < -0.3 is 4.90 Å². The summed E-state index contributed by atoms with van der Waals surface area (Å²) in [6.07, 6.45) is 0. The fourth-order valence-electron chi connectivity index (χ4n) is 3.16. The van der Waals surface area contributed by atoms with E-state index in [2.05, 4.69) is 23.7 Å². The average molecular weight is 412 g/mol. The Hall–Kier alpha value is -2.57. The summed E-state index contributed by atoms with van der Waals surface area (Å²) in [6.45, 7) is 9.40. The Morgan fingerprint density at radius 2 is 1.66 bits per heavy atom. The van der Waals surface area contributed by atoms with Gasteiger partial charge >= 0.3 is 0 Å². The van der Waals surface area contributed by atoms with Gasteiger partial charge in [-0.05, 0) is 62.0 Å². The molecule has 0 aliphatic rings. The summed E-state index contributed by atoms with van der Waals surface area (Å²) in [4.78, 5) is 21.7. The van der Waals surface area contributed by atoms with Crippen molar-refractivity contribution >= 4 is 22.9 Å². The van der Waals surface area contributed by atoms with Gasteiger partial charge in [-0.1, -0.05) is 26.0 Å². The molecule has 1 amide bonds. The molecule has 1 heterocycles. The Labute approximate surface area is 175 Å². The van der Waals surface area contributed by atoms with E-state index in [0.717, 1.165) is 30.3 Å². The maximum absolute atomic E-state index is 13.4. The highest BCUT2D eigenvalue weighted by Crippen LogP contribution is 2.22. The van der Waals surface area contributed by atoms with Crippen molar-refractivity contribution in [3.63, 3.8) is 0 Å². The highest BCUT2D eigenvalue weighted by molar-refractivity contribution is 7.09. The number of hydrogen-bond acceptors (Lipinski definition) is 4. The monoisotopic (exact) mass is 411 g/mol. The van der Waals surface area contributed by atoms with Gasteiger partial charge in [0, 0.05) is 23.2 Å². The van der Waals surface area contributed by atoms with Crippen molar-refractivity contribution in [1.82, 2.24) is 9.88 Å². The van der Waals surface area contributed by atoms with Crippen molar-refractivity contribution in [2.24, 2.45) is 0 Å². The summed E-state index contributed by atoms with van der Waals surface area (Å²) in [5.41, 5.74) is 3.25. The molecule has 0 atom stereocenters. The van der Waals surface area contributed by atoms with E-state index in [-0.39, 0.29) is 11.7 Å². The zero-order chi connectivity index (χ0) is 20.8. The lowest BCUT2D eigenvalue weighted by molar-refractivity contribution is 0.0984. The first-order valence-electron chi connectivity index (χ1n) is 9.80. The Bertz CT molecular complexity index is 934. The van der Waals surface area contributed by atoms with Gasteiger partial charge in [-0.2, -0.15) is 0 Å². The molecule has 3 rings (SSSR count). The maximum Gasteiger partial charge on any atom is 0.258 e. The van der Waals surface area contributed by atoms with Crippen molar-refractivity contribution in [2.45, 2.75) is 33.9 Å². The number of thiazole rings is 1. The average Bonchev–Trinajstić information content (AvgIpc) is 3.16. The van der Waals surface area contributed by atoms with Crippen molar-refractivity contribution in [3.8, 4) is 0 Å². The molecule has 1 aromatic heterocycles. The van der Waals surface area contributed by atoms with Crippen LogP contribution in [0.5, 0.6) is 0 Å². The fourth-order valence-corrected chi connectivity index (χ4v) is 3.76. The van der Waals surface area contributed by atoms with Crippen LogP contribution in [-0.2, 0) is 13.1 Å². The second-order valence-electron chi connectivity index (χ2n) is 6.88. The van der Waals surface area contributed by atoms with E-state index < -0.39 is 0 Å². The van der Waals surface area contributed by atoms with Gasteiger partial charge in [0.2, 0.25) is 0 Å². The Kier molecular flexibility index (Phi) is 7.12. The molecule has 0 bridgehead atoms. The molecule has 29 heavy (non-hydrogen) atoms. The molecular formula is C23H26FN3OS. The van der Waals surface area contributed by atoms with Gasteiger partial charge in [-0.3, -0.25) is 9.69 Å². The second-order valence-corrected chi connectivity index (χ2v) is 7.95. The Balaban J connectivity index is 1.84. The normalized spacial score (nSPS) is 11.1. The second kappa shape index (κ2) is 9.76. The van der Waals surface area contributed by atoms with Crippen molar-refractivity contribution in [3.05, 3.63) is 81.6 Å². The molecule has 4 nitrogen and oxygen atoms in total. The van der Waals surface area contributed by atoms with Crippen molar-refractivity contribution in [1.29, 1.82) is 0 Å². The number of carbonyl (C=O) groups is 1. The first kappa shape index (κ1) is 21.1. The molecule has 0 spiro atoms. The lowest BCUT2D eigenvalue weighted by atomic mass is 10.1. The summed E-state index contributed by atoms with van der Waals surface area (Å²) in [7, 11) is 0. The zero-order valence-electron chi connectivity index (χ0n) is 17.1. The highest BCUT2D eigenvalue weighted by Gasteiger charge is 2.19. The third-order valence-electron chi connectivity index (χ3n) is 4.87. The van der Waals surface area contributed by atoms with Crippen LogP contribution in [0.2, 0.25) is 0 Å². The van der Waals surface area contributed by atoms with Crippen molar-refractivity contribution in [2.75, 3.05) is 18.0 Å². The largest absolute Gasteiger partial charge is 0.302 e. The molecule has 0 saturated carbocycles.